The molecule has 6 aromatic rings. The van der Waals surface area contributed by atoms with Crippen molar-refractivity contribution < 1.29 is 12.8 Å². The second kappa shape index (κ2) is 8.87. The first-order chi connectivity index (χ1) is 17.8. The third-order valence-corrected chi connectivity index (χ3v) is 6.71. The van der Waals surface area contributed by atoms with Crippen molar-refractivity contribution in [2.75, 3.05) is 6.26 Å². The zero-order chi connectivity index (χ0) is 25.6. The Labute approximate surface area is 210 Å². The SMILES string of the molecule is CS(=O)(=O)NCc1cc(F)cc(-c2cncc3[nH]c(-c4[nH]nc5ncc(-c6ccncc6)cc45)cc23)c1. The molecule has 0 radical (unpaired) electrons. The van der Waals surface area contributed by atoms with Gasteiger partial charge in [0.2, 0.25) is 10.0 Å². The lowest BCUT2D eigenvalue weighted by Gasteiger charge is -2.08. The molecule has 0 unspecified atom stereocenters. The van der Waals surface area contributed by atoms with E-state index in [1.54, 1.807) is 37.1 Å². The molecule has 3 N–H and O–H groups in total. The van der Waals surface area contributed by atoms with Crippen LogP contribution in [0.4, 0.5) is 4.39 Å². The summed E-state index contributed by atoms with van der Waals surface area (Å²) in [6.45, 7) is -0.0155. The molecule has 0 saturated carbocycles. The number of nitrogens with zero attached hydrogens (tertiary/aromatic N) is 4. The molecular weight excluding hydrogens is 493 g/mol. The minimum absolute atomic E-state index is 0.0155. The number of benzene rings is 1. The second-order valence-corrected chi connectivity index (χ2v) is 10.5. The fourth-order valence-corrected chi connectivity index (χ4v) is 4.77. The number of halogens is 1. The molecule has 0 fully saturated rings. The summed E-state index contributed by atoms with van der Waals surface area (Å²) in [5.41, 5.74) is 6.60. The van der Waals surface area contributed by atoms with Crippen molar-refractivity contribution in [3.8, 4) is 33.6 Å². The maximum absolute atomic E-state index is 14.5. The van der Waals surface area contributed by atoms with Crippen LogP contribution in [-0.4, -0.2) is 44.8 Å². The normalized spacial score (nSPS) is 11.9. The number of hydrogen-bond donors (Lipinski definition) is 3. The number of rotatable bonds is 6. The van der Waals surface area contributed by atoms with E-state index in [0.29, 0.717) is 22.3 Å². The molecular formula is C26H20FN7O2S. The van der Waals surface area contributed by atoms with Crippen LogP contribution < -0.4 is 4.72 Å². The van der Waals surface area contributed by atoms with Gasteiger partial charge in [-0.15, -0.1) is 0 Å². The molecule has 0 bridgehead atoms. The Morgan fingerprint density at radius 3 is 2.57 bits per heavy atom. The van der Waals surface area contributed by atoms with Gasteiger partial charge in [0.1, 0.15) is 5.82 Å². The Morgan fingerprint density at radius 2 is 1.76 bits per heavy atom. The van der Waals surface area contributed by atoms with E-state index in [-0.39, 0.29) is 6.54 Å². The largest absolute Gasteiger partial charge is 0.352 e. The first-order valence-electron chi connectivity index (χ1n) is 11.3. The van der Waals surface area contributed by atoms with Gasteiger partial charge < -0.3 is 4.98 Å². The van der Waals surface area contributed by atoms with Crippen LogP contribution >= 0.6 is 0 Å². The number of nitrogens with one attached hydrogen (secondary N) is 3. The molecule has 1 aromatic carbocycles. The van der Waals surface area contributed by atoms with Gasteiger partial charge in [0.05, 0.1) is 29.4 Å². The lowest BCUT2D eigenvalue weighted by Crippen LogP contribution is -2.21. The topological polar surface area (TPSA) is 129 Å². The molecule has 6 rings (SSSR count). The molecule has 0 aliphatic carbocycles. The average molecular weight is 514 g/mol. The van der Waals surface area contributed by atoms with E-state index in [1.165, 1.54) is 12.1 Å². The first-order valence-corrected chi connectivity index (χ1v) is 13.2. The van der Waals surface area contributed by atoms with Crippen molar-refractivity contribution in [1.29, 1.82) is 0 Å². The Kier molecular flexibility index (Phi) is 5.50. The number of fused-ring (bicyclic) bond motifs is 2. The van der Waals surface area contributed by atoms with Gasteiger partial charge in [-0.1, -0.05) is 0 Å². The minimum atomic E-state index is -3.42. The Balaban J connectivity index is 1.44. The van der Waals surface area contributed by atoms with Gasteiger partial charge in [0.25, 0.3) is 0 Å². The second-order valence-electron chi connectivity index (χ2n) is 8.70. The molecule has 5 heterocycles. The molecule has 11 heteroatoms. The predicted molar refractivity (Wildman–Crippen MR) is 139 cm³/mol. The van der Waals surface area contributed by atoms with Crippen molar-refractivity contribution in [3.05, 3.63) is 84.8 Å². The van der Waals surface area contributed by atoms with Crippen molar-refractivity contribution >= 4 is 32.0 Å². The zero-order valence-electron chi connectivity index (χ0n) is 19.5. The average Bonchev–Trinajstić information content (AvgIpc) is 3.51. The van der Waals surface area contributed by atoms with Crippen LogP contribution in [0.2, 0.25) is 0 Å². The Morgan fingerprint density at radius 1 is 0.919 bits per heavy atom. The van der Waals surface area contributed by atoms with Gasteiger partial charge in [-0.25, -0.2) is 22.5 Å². The van der Waals surface area contributed by atoms with E-state index < -0.39 is 15.8 Å². The fourth-order valence-electron chi connectivity index (χ4n) is 4.35. The quantitative estimate of drug-likeness (QED) is 0.302. The lowest BCUT2D eigenvalue weighted by molar-refractivity contribution is 0.586. The molecule has 0 aliphatic rings. The van der Waals surface area contributed by atoms with Crippen LogP contribution in [0.5, 0.6) is 0 Å². The number of hydrogen-bond acceptors (Lipinski definition) is 6. The van der Waals surface area contributed by atoms with Gasteiger partial charge in [-0.3, -0.25) is 15.1 Å². The predicted octanol–water partition coefficient (Wildman–Crippen LogP) is 4.42. The third kappa shape index (κ3) is 4.57. The van der Waals surface area contributed by atoms with Gasteiger partial charge in [0.15, 0.2) is 5.65 Å². The van der Waals surface area contributed by atoms with Gasteiger partial charge >= 0.3 is 0 Å². The summed E-state index contributed by atoms with van der Waals surface area (Å²) in [6.07, 6.45) is 9.67. The molecule has 0 amide bonds. The van der Waals surface area contributed by atoms with E-state index in [9.17, 15) is 12.8 Å². The van der Waals surface area contributed by atoms with Crippen LogP contribution in [0.25, 0.3) is 55.6 Å². The van der Waals surface area contributed by atoms with Gasteiger partial charge in [0, 0.05) is 53.2 Å². The molecule has 5 aromatic heterocycles. The fraction of sp³-hybridized carbons (Fsp3) is 0.0769. The molecule has 0 saturated heterocycles. The van der Waals surface area contributed by atoms with Crippen molar-refractivity contribution in [2.45, 2.75) is 6.54 Å². The van der Waals surface area contributed by atoms with E-state index >= 15 is 0 Å². The number of aromatic nitrogens is 6. The number of pyridine rings is 3. The number of sulfonamides is 1. The van der Waals surface area contributed by atoms with Gasteiger partial charge in [-0.05, 0) is 59.2 Å². The smallest absolute Gasteiger partial charge is 0.209 e. The standard InChI is InChI=1S/C26H20FN7O2S/c1-37(35,36)31-11-15-6-17(8-19(27)7-15)22-13-29-14-24-20(22)10-23(32-24)25-21-9-18(12-30-26(21)34-33-25)16-2-4-28-5-3-16/h2-10,12-14,31-32H,11H2,1H3,(H,30,33,34). The van der Waals surface area contributed by atoms with Gasteiger partial charge in [-0.2, -0.15) is 5.10 Å². The van der Waals surface area contributed by atoms with Crippen LogP contribution in [0.1, 0.15) is 5.56 Å². The molecule has 0 atom stereocenters. The molecule has 37 heavy (non-hydrogen) atoms. The van der Waals surface area contributed by atoms with Crippen molar-refractivity contribution in [2.24, 2.45) is 0 Å². The summed E-state index contributed by atoms with van der Waals surface area (Å²) < 4.78 is 39.9. The van der Waals surface area contributed by atoms with E-state index in [2.05, 4.69) is 34.9 Å². The summed E-state index contributed by atoms with van der Waals surface area (Å²) >= 11 is 0. The molecule has 0 spiro atoms. The van der Waals surface area contributed by atoms with Crippen LogP contribution in [-0.2, 0) is 16.6 Å². The van der Waals surface area contributed by atoms with Crippen molar-refractivity contribution in [1.82, 2.24) is 34.9 Å². The molecule has 9 nitrogen and oxygen atoms in total. The number of aromatic amines is 2. The maximum Gasteiger partial charge on any atom is 0.209 e. The highest BCUT2D eigenvalue weighted by Crippen LogP contribution is 2.34. The van der Waals surface area contributed by atoms with Crippen molar-refractivity contribution in [3.63, 3.8) is 0 Å². The monoisotopic (exact) mass is 513 g/mol. The van der Waals surface area contributed by atoms with E-state index in [4.69, 9.17) is 0 Å². The Bertz CT molecular complexity index is 1880. The van der Waals surface area contributed by atoms with E-state index in [1.807, 2.05) is 24.3 Å². The Hall–Kier alpha value is -4.48. The summed E-state index contributed by atoms with van der Waals surface area (Å²) in [4.78, 5) is 16.3. The molecule has 184 valence electrons. The maximum atomic E-state index is 14.5. The third-order valence-electron chi connectivity index (χ3n) is 6.05. The minimum Gasteiger partial charge on any atom is -0.352 e. The highest BCUT2D eigenvalue weighted by atomic mass is 32.2. The summed E-state index contributed by atoms with van der Waals surface area (Å²) in [5, 5.41) is 9.11. The summed E-state index contributed by atoms with van der Waals surface area (Å²) in [5.74, 6) is -0.468. The zero-order valence-corrected chi connectivity index (χ0v) is 20.3. The van der Waals surface area contributed by atoms with Crippen LogP contribution in [0.3, 0.4) is 0 Å². The van der Waals surface area contributed by atoms with Crippen LogP contribution in [0.15, 0.2) is 73.4 Å². The highest BCUT2D eigenvalue weighted by molar-refractivity contribution is 7.88. The number of H-pyrrole nitrogens is 2. The van der Waals surface area contributed by atoms with Crippen LogP contribution in [0, 0.1) is 5.82 Å². The summed E-state index contributed by atoms with van der Waals surface area (Å²) in [6, 6.07) is 12.3. The first kappa shape index (κ1) is 23.0. The van der Waals surface area contributed by atoms with E-state index in [0.717, 1.165) is 45.1 Å². The summed E-state index contributed by atoms with van der Waals surface area (Å²) in [7, 11) is -3.42. The molecule has 0 aliphatic heterocycles. The lowest BCUT2D eigenvalue weighted by atomic mass is 10.0. The highest BCUT2D eigenvalue weighted by Gasteiger charge is 2.16.